The van der Waals surface area contributed by atoms with Gasteiger partial charge < -0.3 is 9.47 Å². The summed E-state index contributed by atoms with van der Waals surface area (Å²) in [6, 6.07) is 8.18. The molecule has 2 aliphatic rings. The van der Waals surface area contributed by atoms with Gasteiger partial charge in [0.2, 0.25) is 11.8 Å². The normalized spacial score (nSPS) is 22.9. The van der Waals surface area contributed by atoms with Gasteiger partial charge in [-0.25, -0.2) is 14.5 Å². The number of imide groups is 1. The van der Waals surface area contributed by atoms with Crippen LogP contribution in [0.5, 0.6) is 0 Å². The van der Waals surface area contributed by atoms with Crippen LogP contribution in [0.25, 0.3) is 0 Å². The monoisotopic (exact) mass is 397 g/mol. The van der Waals surface area contributed by atoms with Crippen LogP contribution in [-0.4, -0.2) is 47.8 Å². The third-order valence-electron chi connectivity index (χ3n) is 5.59. The zero-order chi connectivity index (χ0) is 20.9. The first-order valence-corrected chi connectivity index (χ1v) is 9.11. The average molecular weight is 397 g/mol. The first-order chi connectivity index (χ1) is 13.9. The molecule has 9 nitrogen and oxygen atoms in total. The highest BCUT2D eigenvalue weighted by Crippen LogP contribution is 2.44. The molecule has 3 heterocycles. The van der Waals surface area contributed by atoms with Crippen LogP contribution < -0.4 is 4.90 Å². The largest absolute Gasteiger partial charge is 0.465 e. The number of fused-ring (bicyclic) bond motifs is 2. The van der Waals surface area contributed by atoms with Crippen molar-refractivity contribution in [2.45, 2.75) is 19.4 Å². The number of esters is 2. The molecule has 0 aliphatic carbocycles. The summed E-state index contributed by atoms with van der Waals surface area (Å²) in [5.74, 6) is -3.48. The van der Waals surface area contributed by atoms with Crippen LogP contribution in [0.4, 0.5) is 5.69 Å². The number of ether oxygens (including phenoxy) is 2. The first-order valence-electron chi connectivity index (χ1n) is 9.11. The van der Waals surface area contributed by atoms with Crippen molar-refractivity contribution in [3.8, 4) is 0 Å². The highest BCUT2D eigenvalue weighted by atomic mass is 16.5. The molecule has 0 N–H and O–H groups in total. The van der Waals surface area contributed by atoms with Crippen molar-refractivity contribution in [3.05, 3.63) is 47.3 Å². The minimum atomic E-state index is -0.784. The fourth-order valence-electron chi connectivity index (χ4n) is 4.26. The fourth-order valence-corrected chi connectivity index (χ4v) is 4.26. The van der Waals surface area contributed by atoms with E-state index in [0.717, 1.165) is 0 Å². The van der Waals surface area contributed by atoms with Gasteiger partial charge in [0.25, 0.3) is 0 Å². The summed E-state index contributed by atoms with van der Waals surface area (Å²) in [7, 11) is 2.38. The van der Waals surface area contributed by atoms with Gasteiger partial charge in [0, 0.05) is 6.42 Å². The van der Waals surface area contributed by atoms with Crippen LogP contribution in [0.15, 0.2) is 30.3 Å². The van der Waals surface area contributed by atoms with E-state index in [1.165, 1.54) is 23.8 Å². The number of rotatable bonds is 3. The number of amides is 2. The lowest BCUT2D eigenvalue weighted by Gasteiger charge is -2.29. The molecule has 0 bridgehead atoms. The summed E-state index contributed by atoms with van der Waals surface area (Å²) in [4.78, 5) is 52.0. The zero-order valence-electron chi connectivity index (χ0n) is 16.1. The summed E-state index contributed by atoms with van der Waals surface area (Å²) in [6.07, 6.45) is 0.0946. The third kappa shape index (κ3) is 2.65. The lowest BCUT2D eigenvalue weighted by Crippen LogP contribution is -2.35. The van der Waals surface area contributed by atoms with Gasteiger partial charge >= 0.3 is 11.9 Å². The molecule has 9 heteroatoms. The van der Waals surface area contributed by atoms with Gasteiger partial charge in [-0.2, -0.15) is 5.10 Å². The molecule has 2 aliphatic heterocycles. The van der Waals surface area contributed by atoms with Crippen molar-refractivity contribution in [2.24, 2.45) is 11.8 Å². The van der Waals surface area contributed by atoms with Crippen molar-refractivity contribution >= 4 is 29.4 Å². The lowest BCUT2D eigenvalue weighted by molar-refractivity contribution is -0.122. The Kier molecular flexibility index (Phi) is 4.45. The zero-order valence-corrected chi connectivity index (χ0v) is 16.1. The van der Waals surface area contributed by atoms with E-state index >= 15 is 0 Å². The molecule has 0 saturated carbocycles. The second-order valence-corrected chi connectivity index (χ2v) is 7.02. The first kappa shape index (κ1) is 18.9. The van der Waals surface area contributed by atoms with Crippen LogP contribution >= 0.6 is 0 Å². The van der Waals surface area contributed by atoms with Crippen molar-refractivity contribution in [1.82, 2.24) is 9.78 Å². The Balaban J connectivity index is 1.81. The number of carbonyl (C=O) groups is 4. The van der Waals surface area contributed by atoms with E-state index in [9.17, 15) is 19.2 Å². The molecule has 29 heavy (non-hydrogen) atoms. The molecule has 3 atom stereocenters. The molecule has 0 radical (unpaired) electrons. The van der Waals surface area contributed by atoms with E-state index in [4.69, 9.17) is 9.47 Å². The molecule has 1 fully saturated rings. The molecule has 2 aromatic rings. The molecule has 1 aromatic heterocycles. The number of aromatic nitrogens is 2. The second kappa shape index (κ2) is 6.84. The lowest BCUT2D eigenvalue weighted by atomic mass is 9.81. The maximum absolute atomic E-state index is 13.1. The molecule has 4 rings (SSSR count). The van der Waals surface area contributed by atoms with Gasteiger partial charge in [-0.05, 0) is 19.1 Å². The van der Waals surface area contributed by atoms with Crippen molar-refractivity contribution in [3.63, 3.8) is 0 Å². The summed E-state index contributed by atoms with van der Waals surface area (Å²) in [5, 5.41) is 4.25. The number of anilines is 1. The minimum absolute atomic E-state index is 0.0249. The number of para-hydroxylation sites is 1. The minimum Gasteiger partial charge on any atom is -0.465 e. The molecule has 0 spiro atoms. The van der Waals surface area contributed by atoms with Gasteiger partial charge in [0.15, 0.2) is 5.69 Å². The van der Waals surface area contributed by atoms with Gasteiger partial charge in [-0.1, -0.05) is 18.2 Å². The molecule has 2 amide bonds. The van der Waals surface area contributed by atoms with Crippen LogP contribution in [0, 0.1) is 11.8 Å². The van der Waals surface area contributed by atoms with Gasteiger partial charge in [-0.15, -0.1) is 0 Å². The van der Waals surface area contributed by atoms with E-state index in [2.05, 4.69) is 5.10 Å². The predicted molar refractivity (Wildman–Crippen MR) is 99.2 cm³/mol. The molecular formula is C20H19N3O6. The Bertz CT molecular complexity index is 1030. The highest BCUT2D eigenvalue weighted by molar-refractivity contribution is 6.22. The SMILES string of the molecule is COC(=O)c1nn2c(c1C(=O)OC)C[C@@H]1C(=O)N(c3ccccc3)C(=O)[C@@H]1[C@H]2C. The summed E-state index contributed by atoms with van der Waals surface area (Å²) in [6.45, 7) is 1.75. The highest BCUT2D eigenvalue weighted by Gasteiger charge is 2.55. The number of carbonyl (C=O) groups excluding carboxylic acids is 4. The van der Waals surface area contributed by atoms with Gasteiger partial charge in [0.1, 0.15) is 5.56 Å². The van der Waals surface area contributed by atoms with Crippen LogP contribution in [0.3, 0.4) is 0 Å². The van der Waals surface area contributed by atoms with E-state index in [1.54, 1.807) is 37.3 Å². The maximum atomic E-state index is 13.1. The maximum Gasteiger partial charge on any atom is 0.359 e. The fraction of sp³-hybridized carbons (Fsp3) is 0.350. The number of nitrogens with zero attached hydrogens (tertiary/aromatic N) is 3. The number of methoxy groups -OCH3 is 2. The Morgan fingerprint density at radius 3 is 2.31 bits per heavy atom. The van der Waals surface area contributed by atoms with Crippen LogP contribution in [0.1, 0.15) is 39.5 Å². The van der Waals surface area contributed by atoms with Crippen LogP contribution in [0.2, 0.25) is 0 Å². The summed E-state index contributed by atoms with van der Waals surface area (Å²) >= 11 is 0. The average Bonchev–Trinajstić information content (AvgIpc) is 3.24. The Labute approximate surface area is 166 Å². The Hall–Kier alpha value is -3.49. The number of benzene rings is 1. The standard InChI is InChI=1S/C20H19N3O6/c1-10-14-12(17(24)22(18(14)25)11-7-5-4-6-8-11)9-13-15(19(26)28-2)16(20(27)29-3)21-23(10)13/h4-8,10,12,14H,9H2,1-3H3/t10-,12+,14-/m1/s1. The topological polar surface area (TPSA) is 108 Å². The summed E-state index contributed by atoms with van der Waals surface area (Å²) in [5.41, 5.74) is 0.691. The predicted octanol–water partition coefficient (Wildman–Crippen LogP) is 1.38. The molecule has 150 valence electrons. The van der Waals surface area contributed by atoms with Crippen molar-refractivity contribution < 1.29 is 28.7 Å². The van der Waals surface area contributed by atoms with Gasteiger partial charge in [0.05, 0.1) is 43.5 Å². The third-order valence-corrected chi connectivity index (χ3v) is 5.59. The summed E-state index contributed by atoms with van der Waals surface area (Å²) < 4.78 is 11.0. The number of hydrogen-bond acceptors (Lipinski definition) is 7. The smallest absolute Gasteiger partial charge is 0.359 e. The van der Waals surface area contributed by atoms with Crippen molar-refractivity contribution in [1.29, 1.82) is 0 Å². The molecule has 0 unspecified atom stereocenters. The quantitative estimate of drug-likeness (QED) is 0.569. The molecule has 1 aromatic carbocycles. The molecular weight excluding hydrogens is 378 g/mol. The number of hydrogen-bond donors (Lipinski definition) is 0. The second-order valence-electron chi connectivity index (χ2n) is 7.02. The van der Waals surface area contributed by atoms with Gasteiger partial charge in [-0.3, -0.25) is 14.3 Å². The van der Waals surface area contributed by atoms with E-state index in [0.29, 0.717) is 11.4 Å². The Morgan fingerprint density at radius 1 is 1.03 bits per heavy atom. The van der Waals surface area contributed by atoms with E-state index in [-0.39, 0.29) is 29.5 Å². The van der Waals surface area contributed by atoms with E-state index in [1.807, 2.05) is 0 Å². The van der Waals surface area contributed by atoms with Crippen LogP contribution in [-0.2, 0) is 25.5 Å². The van der Waals surface area contributed by atoms with Crippen molar-refractivity contribution in [2.75, 3.05) is 19.1 Å². The molecule has 1 saturated heterocycles. The van der Waals surface area contributed by atoms with E-state index < -0.39 is 29.8 Å². The Morgan fingerprint density at radius 2 is 1.69 bits per heavy atom.